The number of carbonyl (C=O) groups is 1. The average molecular weight is 320 g/mol. The fourth-order valence-corrected chi connectivity index (χ4v) is 2.73. The molecule has 0 fully saturated rings. The van der Waals surface area contributed by atoms with Crippen LogP contribution in [-0.4, -0.2) is 24.0 Å². The van der Waals surface area contributed by atoms with Crippen molar-refractivity contribution in [2.75, 3.05) is 13.2 Å². The van der Waals surface area contributed by atoms with Crippen LogP contribution in [0.2, 0.25) is 0 Å². The summed E-state index contributed by atoms with van der Waals surface area (Å²) in [7, 11) is 0. The zero-order chi connectivity index (χ0) is 16.9. The minimum atomic E-state index is -0.0820. The molecule has 24 heavy (non-hydrogen) atoms. The number of fused-ring (bicyclic) bond motifs is 1. The van der Waals surface area contributed by atoms with E-state index >= 15 is 0 Å². The van der Waals surface area contributed by atoms with Crippen LogP contribution < -0.4 is 10.1 Å². The number of amides is 1. The zero-order valence-corrected chi connectivity index (χ0v) is 13.9. The molecular weight excluding hydrogens is 300 g/mol. The summed E-state index contributed by atoms with van der Waals surface area (Å²) in [6.45, 7) is 4.81. The van der Waals surface area contributed by atoms with E-state index in [4.69, 9.17) is 4.74 Å². The number of hydrogen-bond acceptors (Lipinski definition) is 3. The third kappa shape index (κ3) is 3.71. The van der Waals surface area contributed by atoms with Gasteiger partial charge < -0.3 is 10.1 Å². The van der Waals surface area contributed by atoms with Crippen molar-refractivity contribution in [1.82, 2.24) is 10.3 Å². The molecular formula is C20H20N2O2. The molecule has 0 saturated heterocycles. The largest absolute Gasteiger partial charge is 0.489 e. The van der Waals surface area contributed by atoms with Gasteiger partial charge >= 0.3 is 0 Å². The van der Waals surface area contributed by atoms with Gasteiger partial charge in [0.2, 0.25) is 0 Å². The maximum absolute atomic E-state index is 12.2. The monoisotopic (exact) mass is 320 g/mol. The first kappa shape index (κ1) is 16.0. The Morgan fingerprint density at radius 1 is 1.08 bits per heavy atom. The highest BCUT2D eigenvalue weighted by molar-refractivity contribution is 5.94. The van der Waals surface area contributed by atoms with Crippen molar-refractivity contribution < 1.29 is 9.53 Å². The van der Waals surface area contributed by atoms with Crippen LogP contribution in [0.1, 0.15) is 21.5 Å². The molecule has 0 bridgehead atoms. The van der Waals surface area contributed by atoms with Crippen molar-refractivity contribution in [1.29, 1.82) is 0 Å². The number of benzene rings is 2. The maximum atomic E-state index is 12.2. The lowest BCUT2D eigenvalue weighted by atomic mass is 10.1. The van der Waals surface area contributed by atoms with Gasteiger partial charge in [0, 0.05) is 17.1 Å². The van der Waals surface area contributed by atoms with Crippen LogP contribution >= 0.6 is 0 Å². The number of aromatic nitrogens is 1. The predicted octanol–water partition coefficient (Wildman–Crippen LogP) is 3.66. The lowest BCUT2D eigenvalue weighted by molar-refractivity contribution is 0.0947. The predicted molar refractivity (Wildman–Crippen MR) is 95.5 cm³/mol. The summed E-state index contributed by atoms with van der Waals surface area (Å²) in [5.74, 6) is 0.648. The second-order valence-electron chi connectivity index (χ2n) is 5.81. The molecule has 4 heteroatoms. The molecule has 3 aromatic rings. The number of ether oxygens (including phenoxy) is 1. The van der Waals surface area contributed by atoms with Crippen molar-refractivity contribution in [2.45, 2.75) is 13.8 Å². The molecule has 0 spiro atoms. The average Bonchev–Trinajstić information content (AvgIpc) is 2.57. The number of carbonyl (C=O) groups excluding carboxylic acids is 1. The van der Waals surface area contributed by atoms with E-state index < -0.39 is 0 Å². The molecule has 1 amide bonds. The van der Waals surface area contributed by atoms with E-state index in [1.54, 1.807) is 6.20 Å². The second-order valence-corrected chi connectivity index (χ2v) is 5.81. The Balaban J connectivity index is 1.57. The van der Waals surface area contributed by atoms with Gasteiger partial charge in [0.15, 0.2) is 0 Å². The molecule has 0 aliphatic carbocycles. The summed E-state index contributed by atoms with van der Waals surface area (Å²) < 4.78 is 5.78. The fraction of sp³-hybridized carbons (Fsp3) is 0.200. The summed E-state index contributed by atoms with van der Waals surface area (Å²) >= 11 is 0. The summed E-state index contributed by atoms with van der Waals surface area (Å²) in [5, 5.41) is 3.92. The van der Waals surface area contributed by atoms with Gasteiger partial charge in [0.05, 0.1) is 6.54 Å². The lowest BCUT2D eigenvalue weighted by Crippen LogP contribution is -2.28. The number of aryl methyl sites for hydroxylation is 2. The van der Waals surface area contributed by atoms with Crippen molar-refractivity contribution >= 4 is 16.8 Å². The lowest BCUT2D eigenvalue weighted by Gasteiger charge is -2.10. The van der Waals surface area contributed by atoms with Crippen molar-refractivity contribution in [2.24, 2.45) is 0 Å². The second kappa shape index (κ2) is 7.13. The Kier molecular flexibility index (Phi) is 4.75. The van der Waals surface area contributed by atoms with Gasteiger partial charge in [-0.2, -0.15) is 0 Å². The molecule has 0 aliphatic heterocycles. The third-order valence-corrected chi connectivity index (χ3v) is 3.72. The van der Waals surface area contributed by atoms with Crippen LogP contribution in [-0.2, 0) is 0 Å². The van der Waals surface area contributed by atoms with Crippen LogP contribution in [0.4, 0.5) is 0 Å². The summed E-state index contributed by atoms with van der Waals surface area (Å²) in [6, 6.07) is 15.5. The van der Waals surface area contributed by atoms with Crippen LogP contribution in [0.25, 0.3) is 10.9 Å². The highest BCUT2D eigenvalue weighted by Crippen LogP contribution is 2.22. The maximum Gasteiger partial charge on any atom is 0.251 e. The smallest absolute Gasteiger partial charge is 0.251 e. The van der Waals surface area contributed by atoms with Gasteiger partial charge in [-0.25, -0.2) is 0 Å². The molecule has 3 rings (SSSR count). The highest BCUT2D eigenvalue weighted by Gasteiger charge is 2.07. The van der Waals surface area contributed by atoms with Crippen LogP contribution in [0.5, 0.6) is 5.75 Å². The number of nitrogens with zero attached hydrogens (tertiary/aromatic N) is 1. The van der Waals surface area contributed by atoms with Gasteiger partial charge in [-0.05, 0) is 38.1 Å². The Hall–Kier alpha value is -2.88. The molecule has 4 nitrogen and oxygen atoms in total. The van der Waals surface area contributed by atoms with E-state index in [9.17, 15) is 4.79 Å². The molecule has 1 heterocycles. The van der Waals surface area contributed by atoms with Crippen molar-refractivity contribution in [3.63, 3.8) is 0 Å². The van der Waals surface area contributed by atoms with E-state index in [-0.39, 0.29) is 5.91 Å². The van der Waals surface area contributed by atoms with E-state index in [1.807, 2.05) is 62.4 Å². The van der Waals surface area contributed by atoms with E-state index in [1.165, 1.54) is 0 Å². The SMILES string of the molecule is Cc1cc(C)cc(C(=O)NCCOc2cccc3cccnc23)c1. The van der Waals surface area contributed by atoms with Crippen LogP contribution in [0, 0.1) is 13.8 Å². The molecule has 0 atom stereocenters. The van der Waals surface area contributed by atoms with Crippen molar-refractivity contribution in [3.05, 3.63) is 71.4 Å². The first-order valence-corrected chi connectivity index (χ1v) is 7.96. The fourth-order valence-electron chi connectivity index (χ4n) is 2.73. The standard InChI is InChI=1S/C20H20N2O2/c1-14-11-15(2)13-17(12-14)20(23)22-9-10-24-18-7-3-5-16-6-4-8-21-19(16)18/h3-8,11-13H,9-10H2,1-2H3,(H,22,23). The van der Waals surface area contributed by atoms with Gasteiger partial charge in [-0.15, -0.1) is 0 Å². The molecule has 0 radical (unpaired) electrons. The Bertz CT molecular complexity index is 849. The molecule has 0 unspecified atom stereocenters. The first-order valence-electron chi connectivity index (χ1n) is 7.96. The van der Waals surface area contributed by atoms with Crippen LogP contribution in [0.15, 0.2) is 54.7 Å². The molecule has 1 aromatic heterocycles. The molecule has 122 valence electrons. The molecule has 0 saturated carbocycles. The van der Waals surface area contributed by atoms with Gasteiger partial charge in [-0.1, -0.05) is 35.4 Å². The third-order valence-electron chi connectivity index (χ3n) is 3.72. The minimum absolute atomic E-state index is 0.0820. The van der Waals surface area contributed by atoms with Gasteiger partial charge in [0.1, 0.15) is 17.9 Å². The Morgan fingerprint density at radius 3 is 2.62 bits per heavy atom. The van der Waals surface area contributed by atoms with Crippen LogP contribution in [0.3, 0.4) is 0 Å². The number of rotatable bonds is 5. The quantitative estimate of drug-likeness (QED) is 0.730. The van der Waals surface area contributed by atoms with E-state index in [0.29, 0.717) is 18.7 Å². The minimum Gasteiger partial charge on any atom is -0.489 e. The number of hydrogen-bond donors (Lipinski definition) is 1. The number of pyridine rings is 1. The van der Waals surface area contributed by atoms with Gasteiger partial charge in [0.25, 0.3) is 5.91 Å². The summed E-state index contributed by atoms with van der Waals surface area (Å²) in [4.78, 5) is 16.5. The number of para-hydroxylation sites is 1. The van der Waals surface area contributed by atoms with E-state index in [2.05, 4.69) is 10.3 Å². The molecule has 1 N–H and O–H groups in total. The topological polar surface area (TPSA) is 51.2 Å². The summed E-state index contributed by atoms with van der Waals surface area (Å²) in [5.41, 5.74) is 3.68. The number of nitrogens with one attached hydrogen (secondary N) is 1. The normalized spacial score (nSPS) is 10.6. The zero-order valence-electron chi connectivity index (χ0n) is 13.9. The van der Waals surface area contributed by atoms with Gasteiger partial charge in [-0.3, -0.25) is 9.78 Å². The van der Waals surface area contributed by atoms with E-state index in [0.717, 1.165) is 27.8 Å². The Labute approximate surface area is 141 Å². The molecule has 2 aromatic carbocycles. The van der Waals surface area contributed by atoms with Crippen molar-refractivity contribution in [3.8, 4) is 5.75 Å². The molecule has 0 aliphatic rings. The Morgan fingerprint density at radius 2 is 1.83 bits per heavy atom. The summed E-state index contributed by atoms with van der Waals surface area (Å²) in [6.07, 6.45) is 1.75. The first-order chi connectivity index (χ1) is 11.6. The highest BCUT2D eigenvalue weighted by atomic mass is 16.5.